The quantitative estimate of drug-likeness (QED) is 0.691. The fraction of sp³-hybridized carbons (Fsp3) is 0.750. The monoisotopic (exact) mass is 236 g/mol. The maximum absolute atomic E-state index is 10.7. The standard InChI is InChI=1S/C8H17N2O4P/c1-3-4-5-10-7-6-9(2)8(10)14-15(11,12)13/h6-8H,3-5H2,1-2H3,(H2,11,12,13). The van der Waals surface area contributed by atoms with Crippen molar-refractivity contribution in [1.29, 1.82) is 0 Å². The summed E-state index contributed by atoms with van der Waals surface area (Å²) in [5, 5.41) is 0. The van der Waals surface area contributed by atoms with Crippen molar-refractivity contribution in [3.05, 3.63) is 12.4 Å². The Labute approximate surface area is 89.4 Å². The number of phosphoric acid groups is 1. The van der Waals surface area contributed by atoms with E-state index in [4.69, 9.17) is 9.79 Å². The average Bonchev–Trinajstić information content (AvgIpc) is 2.43. The Kier molecular flexibility index (Phi) is 4.16. The molecular weight excluding hydrogens is 219 g/mol. The van der Waals surface area contributed by atoms with Gasteiger partial charge in [0.05, 0.1) is 0 Å². The molecule has 0 radical (unpaired) electrons. The van der Waals surface area contributed by atoms with E-state index in [1.54, 1.807) is 29.2 Å². The molecule has 1 unspecified atom stereocenters. The lowest BCUT2D eigenvalue weighted by Gasteiger charge is -2.29. The lowest BCUT2D eigenvalue weighted by Crippen LogP contribution is -2.38. The van der Waals surface area contributed by atoms with Gasteiger partial charge >= 0.3 is 7.82 Å². The molecule has 2 N–H and O–H groups in total. The lowest BCUT2D eigenvalue weighted by molar-refractivity contribution is -0.0335. The first kappa shape index (κ1) is 12.5. The van der Waals surface area contributed by atoms with E-state index in [-0.39, 0.29) is 0 Å². The highest BCUT2D eigenvalue weighted by Gasteiger charge is 2.30. The molecule has 1 aliphatic rings. The van der Waals surface area contributed by atoms with Crippen molar-refractivity contribution in [3.63, 3.8) is 0 Å². The summed E-state index contributed by atoms with van der Waals surface area (Å²) < 4.78 is 15.4. The molecule has 88 valence electrons. The van der Waals surface area contributed by atoms with Gasteiger partial charge in [0, 0.05) is 26.0 Å². The van der Waals surface area contributed by atoms with E-state index in [2.05, 4.69) is 11.4 Å². The SMILES string of the molecule is CCCCN1C=CN(C)C1OP(=O)(O)O. The van der Waals surface area contributed by atoms with E-state index < -0.39 is 14.2 Å². The summed E-state index contributed by atoms with van der Waals surface area (Å²) in [6.07, 6.45) is 4.79. The molecule has 0 aromatic rings. The van der Waals surface area contributed by atoms with Gasteiger partial charge in [-0.1, -0.05) is 13.3 Å². The third-order valence-corrected chi connectivity index (χ3v) is 2.59. The zero-order chi connectivity index (χ0) is 11.5. The fourth-order valence-corrected chi connectivity index (χ4v) is 1.87. The van der Waals surface area contributed by atoms with Gasteiger partial charge in [0.2, 0.25) is 6.35 Å². The molecule has 15 heavy (non-hydrogen) atoms. The van der Waals surface area contributed by atoms with Crippen molar-refractivity contribution >= 4 is 7.82 Å². The second-order valence-corrected chi connectivity index (χ2v) is 4.67. The molecule has 1 aliphatic heterocycles. The van der Waals surface area contributed by atoms with Gasteiger partial charge in [0.25, 0.3) is 0 Å². The molecule has 1 heterocycles. The van der Waals surface area contributed by atoms with Crippen LogP contribution in [0, 0.1) is 0 Å². The van der Waals surface area contributed by atoms with E-state index in [1.165, 1.54) is 0 Å². The van der Waals surface area contributed by atoms with Crippen LogP contribution < -0.4 is 0 Å². The van der Waals surface area contributed by atoms with Crippen molar-refractivity contribution in [3.8, 4) is 0 Å². The van der Waals surface area contributed by atoms with Gasteiger partial charge in [0.15, 0.2) is 0 Å². The Hall–Kier alpha value is -0.550. The normalized spacial score (nSPS) is 21.5. The molecular formula is C8H17N2O4P. The molecule has 0 amide bonds. The first-order valence-corrected chi connectivity index (χ1v) is 6.37. The Balaban J connectivity index is 2.56. The number of nitrogens with zero attached hydrogens (tertiary/aromatic N) is 2. The summed E-state index contributed by atoms with van der Waals surface area (Å²) in [6.45, 7) is 2.78. The second-order valence-electron chi connectivity index (χ2n) is 3.48. The summed E-state index contributed by atoms with van der Waals surface area (Å²) in [4.78, 5) is 20.9. The Morgan fingerprint density at radius 2 is 2.13 bits per heavy atom. The summed E-state index contributed by atoms with van der Waals surface area (Å²) in [5.74, 6) is 0. The molecule has 1 rings (SSSR count). The molecule has 0 aromatic heterocycles. The predicted molar refractivity (Wildman–Crippen MR) is 55.4 cm³/mol. The fourth-order valence-electron chi connectivity index (χ4n) is 1.36. The average molecular weight is 236 g/mol. The number of rotatable bonds is 5. The number of unbranched alkanes of at least 4 members (excludes halogenated alkanes) is 1. The van der Waals surface area contributed by atoms with Crippen molar-refractivity contribution in [2.45, 2.75) is 26.1 Å². The summed E-state index contributed by atoms with van der Waals surface area (Å²) in [5.41, 5.74) is 0. The maximum atomic E-state index is 10.7. The molecule has 0 bridgehead atoms. The summed E-state index contributed by atoms with van der Waals surface area (Å²) >= 11 is 0. The molecule has 0 aliphatic carbocycles. The molecule has 0 spiro atoms. The van der Waals surface area contributed by atoms with E-state index in [0.717, 1.165) is 19.4 Å². The predicted octanol–water partition coefficient (Wildman–Crippen LogP) is 0.898. The van der Waals surface area contributed by atoms with Crippen molar-refractivity contribution in [1.82, 2.24) is 9.80 Å². The largest absolute Gasteiger partial charge is 0.472 e. The van der Waals surface area contributed by atoms with Crippen LogP contribution in [0.5, 0.6) is 0 Å². The Morgan fingerprint density at radius 1 is 1.47 bits per heavy atom. The molecule has 0 fully saturated rings. The van der Waals surface area contributed by atoms with E-state index in [9.17, 15) is 4.57 Å². The van der Waals surface area contributed by atoms with Crippen LogP contribution in [-0.4, -0.2) is 39.5 Å². The zero-order valence-electron chi connectivity index (χ0n) is 8.91. The molecule has 0 saturated carbocycles. The molecule has 0 aromatic carbocycles. The first-order valence-electron chi connectivity index (χ1n) is 4.84. The summed E-state index contributed by atoms with van der Waals surface area (Å²) in [6, 6.07) is 0. The highest BCUT2D eigenvalue weighted by molar-refractivity contribution is 7.46. The van der Waals surface area contributed by atoms with Crippen molar-refractivity contribution in [2.24, 2.45) is 0 Å². The smallest absolute Gasteiger partial charge is 0.337 e. The minimum Gasteiger partial charge on any atom is -0.337 e. The van der Waals surface area contributed by atoms with Gasteiger partial charge in [-0.3, -0.25) is 0 Å². The Morgan fingerprint density at radius 3 is 2.67 bits per heavy atom. The molecule has 1 atom stereocenters. The number of hydrogen-bond donors (Lipinski definition) is 2. The third kappa shape index (κ3) is 3.83. The van der Waals surface area contributed by atoms with Gasteiger partial charge in [-0.05, 0) is 6.42 Å². The first-order chi connectivity index (χ1) is 6.94. The van der Waals surface area contributed by atoms with Gasteiger partial charge in [-0.25, -0.2) is 9.09 Å². The van der Waals surface area contributed by atoms with Crippen LogP contribution in [0.1, 0.15) is 19.8 Å². The van der Waals surface area contributed by atoms with Crippen LogP contribution in [0.4, 0.5) is 0 Å². The van der Waals surface area contributed by atoms with Crippen LogP contribution in [-0.2, 0) is 9.09 Å². The van der Waals surface area contributed by atoms with Gasteiger partial charge in [-0.15, -0.1) is 0 Å². The minimum atomic E-state index is -4.45. The minimum absolute atomic E-state index is 0.697. The van der Waals surface area contributed by atoms with Crippen molar-refractivity contribution < 1.29 is 18.9 Å². The molecule has 7 heteroatoms. The number of phosphoric ester groups is 1. The van der Waals surface area contributed by atoms with Gasteiger partial charge < -0.3 is 19.6 Å². The van der Waals surface area contributed by atoms with Crippen LogP contribution in [0.15, 0.2) is 12.4 Å². The Bertz CT molecular complexity index is 278. The topological polar surface area (TPSA) is 73.2 Å². The van der Waals surface area contributed by atoms with Crippen LogP contribution in [0.25, 0.3) is 0 Å². The third-order valence-electron chi connectivity index (χ3n) is 2.13. The highest BCUT2D eigenvalue weighted by Crippen LogP contribution is 2.40. The summed E-state index contributed by atoms with van der Waals surface area (Å²) in [7, 11) is -2.73. The zero-order valence-corrected chi connectivity index (χ0v) is 9.80. The highest BCUT2D eigenvalue weighted by atomic mass is 31.2. The van der Waals surface area contributed by atoms with Crippen molar-refractivity contribution in [2.75, 3.05) is 13.6 Å². The van der Waals surface area contributed by atoms with Crippen LogP contribution in [0.2, 0.25) is 0 Å². The lowest BCUT2D eigenvalue weighted by atomic mass is 10.3. The number of hydrogen-bond acceptors (Lipinski definition) is 4. The van der Waals surface area contributed by atoms with Crippen LogP contribution in [0.3, 0.4) is 0 Å². The molecule has 6 nitrogen and oxygen atoms in total. The van der Waals surface area contributed by atoms with E-state index in [1.807, 2.05) is 0 Å². The van der Waals surface area contributed by atoms with E-state index in [0.29, 0.717) is 0 Å². The van der Waals surface area contributed by atoms with E-state index >= 15 is 0 Å². The van der Waals surface area contributed by atoms with Gasteiger partial charge in [0.1, 0.15) is 0 Å². The van der Waals surface area contributed by atoms with Crippen LogP contribution >= 0.6 is 7.82 Å². The van der Waals surface area contributed by atoms with Gasteiger partial charge in [-0.2, -0.15) is 0 Å². The second kappa shape index (κ2) is 4.99. The molecule has 0 saturated heterocycles. The maximum Gasteiger partial charge on any atom is 0.472 e.